The van der Waals surface area contributed by atoms with Gasteiger partial charge in [-0.05, 0) is 39.3 Å². The van der Waals surface area contributed by atoms with Crippen LogP contribution in [0.25, 0.3) is 0 Å². The van der Waals surface area contributed by atoms with Crippen molar-refractivity contribution < 1.29 is 9.59 Å². The minimum Gasteiger partial charge on any atom is -0.298 e. The molecule has 0 atom stereocenters. The quantitative estimate of drug-likeness (QED) is 0.193. The normalized spacial score (nSPS) is 29.0. The van der Waals surface area contributed by atoms with E-state index < -0.39 is 30.1 Å². The fraction of sp³-hybridized carbons (Fsp3) is 0.875. The van der Waals surface area contributed by atoms with E-state index in [4.69, 9.17) is 23.2 Å². The monoisotopic (exact) mass is 510 g/mol. The van der Waals surface area contributed by atoms with E-state index in [0.29, 0.717) is 0 Å². The molecule has 150 valence electrons. The van der Waals surface area contributed by atoms with Gasteiger partial charge in [-0.3, -0.25) is 9.59 Å². The molecule has 0 N–H and O–H groups in total. The summed E-state index contributed by atoms with van der Waals surface area (Å²) in [5.41, 5.74) is -2.15. The maximum atomic E-state index is 12.3. The third kappa shape index (κ3) is 3.05. The van der Waals surface area contributed by atoms with Crippen molar-refractivity contribution >= 4 is 95.7 Å². The number of ketones is 2. The second-order valence-electron chi connectivity index (χ2n) is 8.79. The van der Waals surface area contributed by atoms with Crippen molar-refractivity contribution in [2.24, 2.45) is 21.7 Å². The van der Waals surface area contributed by atoms with Crippen LogP contribution in [0.4, 0.5) is 0 Å². The highest BCUT2D eigenvalue weighted by Gasteiger charge is 2.73. The molecular weight excluding hydrogens is 487 g/mol. The number of alkyl halides is 2. The summed E-state index contributed by atoms with van der Waals surface area (Å²) in [5, 5.41) is 0. The van der Waals surface area contributed by atoms with Crippen molar-refractivity contribution in [3.05, 3.63) is 0 Å². The van der Waals surface area contributed by atoms with Crippen molar-refractivity contribution in [3.8, 4) is 0 Å². The molecule has 0 radical (unpaired) electrons. The van der Waals surface area contributed by atoms with E-state index in [1.807, 2.05) is 55.4 Å². The van der Waals surface area contributed by atoms with Gasteiger partial charge in [0.1, 0.15) is 20.0 Å². The van der Waals surface area contributed by atoms with Gasteiger partial charge in [0.25, 0.3) is 0 Å². The molecule has 2 rings (SSSR count). The number of carbonyl (C=O) groups is 2. The molecule has 2 nitrogen and oxygen atoms in total. The first kappa shape index (κ1) is 24.3. The zero-order chi connectivity index (χ0) is 20.4. The van der Waals surface area contributed by atoms with Gasteiger partial charge in [-0.25, -0.2) is 0 Å². The summed E-state index contributed by atoms with van der Waals surface area (Å²) in [6.45, 7) is 15.3. The maximum Gasteiger partial charge on any atom is 0.149 e. The standard InChI is InChI=1S/C16H24Cl2O2S6/c1-11(2)9(19)12(3,4)15(11,17)21-23-25-26-24-22-16(18)13(5,6)10(20)14(16,7)8/h1-8H3. The van der Waals surface area contributed by atoms with Gasteiger partial charge in [0.05, 0.1) is 21.7 Å². The number of Topliss-reactive ketones (excluding diaryl/α,β-unsaturated/α-hetero) is 2. The van der Waals surface area contributed by atoms with Crippen LogP contribution in [0.2, 0.25) is 0 Å². The lowest BCUT2D eigenvalue weighted by atomic mass is 9.54. The van der Waals surface area contributed by atoms with Crippen molar-refractivity contribution in [2.75, 3.05) is 0 Å². The molecule has 0 aromatic carbocycles. The maximum absolute atomic E-state index is 12.3. The molecule has 10 heteroatoms. The molecule has 2 fully saturated rings. The molecule has 0 aliphatic heterocycles. The molecule has 0 bridgehead atoms. The average Bonchev–Trinajstić information content (AvgIpc) is 2.54. The topological polar surface area (TPSA) is 34.1 Å². The van der Waals surface area contributed by atoms with Crippen LogP contribution in [0.15, 0.2) is 0 Å². The second kappa shape index (κ2) is 7.31. The Labute approximate surface area is 189 Å². The van der Waals surface area contributed by atoms with E-state index in [-0.39, 0.29) is 11.6 Å². The van der Waals surface area contributed by atoms with Crippen molar-refractivity contribution in [2.45, 2.75) is 63.8 Å². The van der Waals surface area contributed by atoms with Gasteiger partial charge < -0.3 is 0 Å². The SMILES string of the molecule is CC1(C)C(=O)C(C)(C)C1(Cl)SSSSSSC1(Cl)C(C)(C)C(=O)C1(C)C. The van der Waals surface area contributed by atoms with E-state index >= 15 is 0 Å². The highest BCUT2D eigenvalue weighted by molar-refractivity contribution is 9.42. The van der Waals surface area contributed by atoms with E-state index in [1.165, 1.54) is 0 Å². The van der Waals surface area contributed by atoms with Crippen LogP contribution >= 0.6 is 84.1 Å². The first-order valence-electron chi connectivity index (χ1n) is 8.03. The van der Waals surface area contributed by atoms with Crippen LogP contribution in [0, 0.1) is 21.7 Å². The molecular formula is C16H24Cl2O2S6. The molecule has 2 aliphatic rings. The number of carbonyl (C=O) groups excluding carboxylic acids is 2. The summed E-state index contributed by atoms with van der Waals surface area (Å²) in [6.07, 6.45) is 0. The average molecular weight is 512 g/mol. The van der Waals surface area contributed by atoms with Gasteiger partial charge in [-0.2, -0.15) is 0 Å². The lowest BCUT2D eigenvalue weighted by Crippen LogP contribution is -2.69. The van der Waals surface area contributed by atoms with E-state index in [9.17, 15) is 9.59 Å². The molecule has 0 saturated heterocycles. The highest BCUT2D eigenvalue weighted by atomic mass is 35.5. The minimum atomic E-state index is -0.620. The van der Waals surface area contributed by atoms with Crippen LogP contribution in [-0.4, -0.2) is 20.0 Å². The van der Waals surface area contributed by atoms with Gasteiger partial charge in [0.15, 0.2) is 0 Å². The predicted octanol–water partition coefficient (Wildman–Crippen LogP) is 8.10. The third-order valence-corrected chi connectivity index (χ3v) is 21.2. The first-order chi connectivity index (χ1) is 11.5. The summed E-state index contributed by atoms with van der Waals surface area (Å²) in [7, 11) is 9.50. The number of rotatable bonds is 7. The van der Waals surface area contributed by atoms with E-state index in [0.717, 1.165) is 0 Å². The van der Waals surface area contributed by atoms with Gasteiger partial charge in [0.2, 0.25) is 0 Å². The molecule has 0 unspecified atom stereocenters. The first-order valence-corrected chi connectivity index (χ1v) is 16.3. The van der Waals surface area contributed by atoms with Crippen LogP contribution in [0.5, 0.6) is 0 Å². The molecule has 2 saturated carbocycles. The van der Waals surface area contributed by atoms with E-state index in [1.54, 1.807) is 60.9 Å². The summed E-state index contributed by atoms with van der Waals surface area (Å²) < 4.78 is -1.24. The lowest BCUT2D eigenvalue weighted by molar-refractivity contribution is -0.153. The number of hydrogen-bond acceptors (Lipinski definition) is 8. The summed E-state index contributed by atoms with van der Waals surface area (Å²) in [5.74, 6) is 0.415. The van der Waals surface area contributed by atoms with Crippen LogP contribution in [0.1, 0.15) is 55.4 Å². The molecule has 26 heavy (non-hydrogen) atoms. The van der Waals surface area contributed by atoms with Crippen LogP contribution in [0.3, 0.4) is 0 Å². The number of halogens is 2. The van der Waals surface area contributed by atoms with Crippen LogP contribution in [-0.2, 0) is 9.59 Å². The van der Waals surface area contributed by atoms with Gasteiger partial charge in [0, 0.05) is 0 Å². The predicted molar refractivity (Wildman–Crippen MR) is 128 cm³/mol. The molecule has 0 heterocycles. The van der Waals surface area contributed by atoms with Gasteiger partial charge in [-0.1, -0.05) is 77.0 Å². The van der Waals surface area contributed by atoms with Crippen LogP contribution < -0.4 is 0 Å². The molecule has 0 aromatic heterocycles. The van der Waals surface area contributed by atoms with E-state index in [2.05, 4.69) is 0 Å². The van der Waals surface area contributed by atoms with Crippen molar-refractivity contribution in [3.63, 3.8) is 0 Å². The fourth-order valence-electron chi connectivity index (χ4n) is 4.14. The Balaban J connectivity index is 1.81. The zero-order valence-corrected chi connectivity index (χ0v) is 22.4. The molecule has 0 spiro atoms. The molecule has 2 aliphatic carbocycles. The second-order valence-corrected chi connectivity index (χ2v) is 20.0. The molecule has 0 aromatic rings. The third-order valence-electron chi connectivity index (χ3n) is 5.87. The molecule has 0 amide bonds. The lowest BCUT2D eigenvalue weighted by Gasteiger charge is -2.60. The Morgan fingerprint density at radius 1 is 0.538 bits per heavy atom. The summed E-state index contributed by atoms with van der Waals surface area (Å²) in [4.78, 5) is 24.6. The largest absolute Gasteiger partial charge is 0.298 e. The van der Waals surface area contributed by atoms with Crippen molar-refractivity contribution in [1.29, 1.82) is 0 Å². The Bertz CT molecular complexity index is 542. The smallest absolute Gasteiger partial charge is 0.149 e. The Kier molecular flexibility index (Phi) is 6.83. The Morgan fingerprint density at radius 2 is 0.769 bits per heavy atom. The summed E-state index contributed by atoms with van der Waals surface area (Å²) in [6, 6.07) is 0. The Morgan fingerprint density at radius 3 is 1.00 bits per heavy atom. The fourth-order valence-corrected chi connectivity index (χ4v) is 19.7. The summed E-state index contributed by atoms with van der Waals surface area (Å²) >= 11 is 13.6. The highest BCUT2D eigenvalue weighted by Crippen LogP contribution is 2.74. The zero-order valence-electron chi connectivity index (χ0n) is 16.0. The minimum absolute atomic E-state index is 0.207. The Hall–Kier alpha value is 2.02. The van der Waals surface area contributed by atoms with Gasteiger partial charge in [-0.15, -0.1) is 23.2 Å². The van der Waals surface area contributed by atoms with Crippen molar-refractivity contribution in [1.82, 2.24) is 0 Å². The number of hydrogen-bond donors (Lipinski definition) is 0. The van der Waals surface area contributed by atoms with Gasteiger partial charge >= 0.3 is 0 Å².